The number of thiazole rings is 1. The van der Waals surface area contributed by atoms with Gasteiger partial charge >= 0.3 is 5.97 Å². The summed E-state index contributed by atoms with van der Waals surface area (Å²) in [5.41, 5.74) is 1.82. The highest BCUT2D eigenvalue weighted by atomic mass is 32.1. The predicted octanol–water partition coefficient (Wildman–Crippen LogP) is 2.99. The fourth-order valence-electron chi connectivity index (χ4n) is 2.13. The Kier molecular flexibility index (Phi) is 5.03. The average molecular weight is 308 g/mol. The van der Waals surface area contributed by atoms with Gasteiger partial charge in [0.2, 0.25) is 0 Å². The number of benzene rings is 1. The lowest BCUT2D eigenvalue weighted by molar-refractivity contribution is -0.138. The van der Waals surface area contributed by atoms with Crippen LogP contribution in [0, 0.1) is 19.7 Å². The summed E-state index contributed by atoms with van der Waals surface area (Å²) >= 11 is 1.58. The first-order valence-corrected chi connectivity index (χ1v) is 7.37. The van der Waals surface area contributed by atoms with Crippen LogP contribution in [0.3, 0.4) is 0 Å². The number of aliphatic carboxylic acids is 1. The number of hydrogen-bond donors (Lipinski definition) is 1. The van der Waals surface area contributed by atoms with Crippen molar-refractivity contribution >= 4 is 17.3 Å². The topological polar surface area (TPSA) is 53.4 Å². The number of carboxylic acid groups (broad SMARTS) is 1. The van der Waals surface area contributed by atoms with Gasteiger partial charge < -0.3 is 5.11 Å². The van der Waals surface area contributed by atoms with E-state index in [2.05, 4.69) is 4.98 Å². The van der Waals surface area contributed by atoms with E-state index in [-0.39, 0.29) is 12.4 Å². The minimum atomic E-state index is -0.879. The predicted molar refractivity (Wildman–Crippen MR) is 79.7 cm³/mol. The Balaban J connectivity index is 2.12. The normalized spacial score (nSPS) is 11.0. The molecule has 0 aliphatic carbocycles. The van der Waals surface area contributed by atoms with Crippen LogP contribution in [0.15, 0.2) is 24.3 Å². The van der Waals surface area contributed by atoms with E-state index in [1.165, 1.54) is 12.1 Å². The number of hydrogen-bond acceptors (Lipinski definition) is 4. The molecule has 0 atom stereocenters. The van der Waals surface area contributed by atoms with Crippen LogP contribution in [0.1, 0.15) is 21.1 Å². The van der Waals surface area contributed by atoms with E-state index in [4.69, 9.17) is 5.11 Å². The number of aryl methyl sites for hydroxylation is 2. The monoisotopic (exact) mass is 308 g/mol. The van der Waals surface area contributed by atoms with Crippen molar-refractivity contribution < 1.29 is 14.3 Å². The van der Waals surface area contributed by atoms with E-state index in [1.807, 2.05) is 18.7 Å². The SMILES string of the molecule is Cc1nc(C)c(CN(CC(=O)O)Cc2ccc(F)cc2)s1. The van der Waals surface area contributed by atoms with Gasteiger partial charge in [-0.05, 0) is 31.5 Å². The molecule has 1 aromatic carbocycles. The number of aromatic nitrogens is 1. The molecule has 1 aromatic heterocycles. The van der Waals surface area contributed by atoms with Crippen LogP contribution >= 0.6 is 11.3 Å². The van der Waals surface area contributed by atoms with E-state index in [0.29, 0.717) is 13.1 Å². The molecule has 21 heavy (non-hydrogen) atoms. The zero-order valence-electron chi connectivity index (χ0n) is 12.0. The van der Waals surface area contributed by atoms with E-state index < -0.39 is 5.97 Å². The highest BCUT2D eigenvalue weighted by Gasteiger charge is 2.14. The smallest absolute Gasteiger partial charge is 0.317 e. The molecule has 1 N–H and O–H groups in total. The van der Waals surface area contributed by atoms with E-state index in [9.17, 15) is 9.18 Å². The minimum absolute atomic E-state index is 0.0617. The van der Waals surface area contributed by atoms with Gasteiger partial charge in [-0.2, -0.15) is 0 Å². The van der Waals surface area contributed by atoms with Crippen molar-refractivity contribution in [2.75, 3.05) is 6.54 Å². The Morgan fingerprint density at radius 3 is 2.48 bits per heavy atom. The molecule has 112 valence electrons. The molecule has 0 saturated heterocycles. The van der Waals surface area contributed by atoms with Crippen LogP contribution in [0.4, 0.5) is 4.39 Å². The minimum Gasteiger partial charge on any atom is -0.480 e. The molecule has 6 heteroatoms. The van der Waals surface area contributed by atoms with Gasteiger partial charge in [-0.3, -0.25) is 9.69 Å². The van der Waals surface area contributed by atoms with Gasteiger partial charge in [0.25, 0.3) is 0 Å². The molecular formula is C15H17FN2O2S. The van der Waals surface area contributed by atoms with Crippen LogP contribution in [0.25, 0.3) is 0 Å². The van der Waals surface area contributed by atoms with Crippen molar-refractivity contribution in [2.45, 2.75) is 26.9 Å². The second-order valence-corrected chi connectivity index (χ2v) is 6.19. The molecular weight excluding hydrogens is 291 g/mol. The maximum absolute atomic E-state index is 12.9. The summed E-state index contributed by atoms with van der Waals surface area (Å²) in [4.78, 5) is 18.3. The summed E-state index contributed by atoms with van der Waals surface area (Å²) in [7, 11) is 0. The molecule has 2 rings (SSSR count). The second kappa shape index (κ2) is 6.78. The molecule has 4 nitrogen and oxygen atoms in total. The Hall–Kier alpha value is -1.79. The Morgan fingerprint density at radius 1 is 1.29 bits per heavy atom. The molecule has 0 aliphatic rings. The zero-order valence-corrected chi connectivity index (χ0v) is 12.8. The second-order valence-electron chi connectivity index (χ2n) is 4.91. The molecule has 2 aromatic rings. The third kappa shape index (κ3) is 4.61. The summed E-state index contributed by atoms with van der Waals surface area (Å²) in [5.74, 6) is -1.17. The Labute approximate surface area is 126 Å². The fourth-order valence-corrected chi connectivity index (χ4v) is 3.11. The van der Waals surface area contributed by atoms with Crippen molar-refractivity contribution in [3.63, 3.8) is 0 Å². The summed E-state index contributed by atoms with van der Waals surface area (Å²) in [6, 6.07) is 6.12. The Bertz CT molecular complexity index is 625. The standard InChI is InChI=1S/C15H17FN2O2S/c1-10-14(21-11(2)17-10)8-18(9-15(19)20)7-12-3-5-13(16)6-4-12/h3-6H,7-9H2,1-2H3,(H,19,20). The zero-order chi connectivity index (χ0) is 15.4. The van der Waals surface area contributed by atoms with Gasteiger partial charge in [0.1, 0.15) is 5.82 Å². The van der Waals surface area contributed by atoms with Gasteiger partial charge in [0.15, 0.2) is 0 Å². The highest BCUT2D eigenvalue weighted by molar-refractivity contribution is 7.11. The lowest BCUT2D eigenvalue weighted by atomic mass is 10.2. The fraction of sp³-hybridized carbons (Fsp3) is 0.333. The van der Waals surface area contributed by atoms with Crippen LogP contribution in [0.5, 0.6) is 0 Å². The molecule has 0 radical (unpaired) electrons. The molecule has 0 saturated carbocycles. The van der Waals surface area contributed by atoms with E-state index in [0.717, 1.165) is 21.1 Å². The first-order chi connectivity index (χ1) is 9.94. The summed E-state index contributed by atoms with van der Waals surface area (Å²) in [5, 5.41) is 10.0. The third-order valence-electron chi connectivity index (χ3n) is 3.05. The maximum atomic E-state index is 12.9. The lowest BCUT2D eigenvalue weighted by Crippen LogP contribution is -2.28. The largest absolute Gasteiger partial charge is 0.480 e. The van der Waals surface area contributed by atoms with Crippen LogP contribution < -0.4 is 0 Å². The molecule has 0 aliphatic heterocycles. The average Bonchev–Trinajstić information content (AvgIpc) is 2.70. The van der Waals surface area contributed by atoms with Crippen molar-refractivity contribution in [1.29, 1.82) is 0 Å². The summed E-state index contributed by atoms with van der Waals surface area (Å²) in [6.45, 7) is 4.79. The molecule has 0 fully saturated rings. The van der Waals surface area contributed by atoms with Crippen molar-refractivity contribution in [3.8, 4) is 0 Å². The molecule has 0 spiro atoms. The highest BCUT2D eigenvalue weighted by Crippen LogP contribution is 2.20. The van der Waals surface area contributed by atoms with Gasteiger partial charge in [-0.25, -0.2) is 9.37 Å². The van der Waals surface area contributed by atoms with Crippen molar-refractivity contribution in [2.24, 2.45) is 0 Å². The van der Waals surface area contributed by atoms with E-state index in [1.54, 1.807) is 23.5 Å². The van der Waals surface area contributed by atoms with Gasteiger partial charge in [0, 0.05) is 18.0 Å². The summed E-state index contributed by atoms with van der Waals surface area (Å²) < 4.78 is 12.9. The van der Waals surface area contributed by atoms with Crippen LogP contribution in [-0.2, 0) is 17.9 Å². The number of carboxylic acids is 1. The Morgan fingerprint density at radius 2 is 1.95 bits per heavy atom. The van der Waals surface area contributed by atoms with Gasteiger partial charge in [0.05, 0.1) is 17.2 Å². The van der Waals surface area contributed by atoms with Gasteiger partial charge in [-0.1, -0.05) is 12.1 Å². The first kappa shape index (κ1) is 15.6. The number of nitrogens with zero attached hydrogens (tertiary/aromatic N) is 2. The number of carbonyl (C=O) groups is 1. The van der Waals surface area contributed by atoms with Crippen molar-refractivity contribution in [1.82, 2.24) is 9.88 Å². The lowest BCUT2D eigenvalue weighted by Gasteiger charge is -2.19. The number of halogens is 1. The van der Waals surface area contributed by atoms with Crippen LogP contribution in [-0.4, -0.2) is 27.5 Å². The van der Waals surface area contributed by atoms with Gasteiger partial charge in [-0.15, -0.1) is 11.3 Å². The molecule has 1 heterocycles. The maximum Gasteiger partial charge on any atom is 0.317 e. The molecule has 0 bridgehead atoms. The molecule has 0 amide bonds. The third-order valence-corrected chi connectivity index (χ3v) is 4.10. The quantitative estimate of drug-likeness (QED) is 0.891. The summed E-state index contributed by atoms with van der Waals surface area (Å²) in [6.07, 6.45) is 0. The van der Waals surface area contributed by atoms with Crippen molar-refractivity contribution in [3.05, 3.63) is 51.2 Å². The molecule has 0 unspecified atom stereocenters. The number of rotatable bonds is 6. The van der Waals surface area contributed by atoms with E-state index >= 15 is 0 Å². The van der Waals surface area contributed by atoms with Crippen LogP contribution in [0.2, 0.25) is 0 Å². The first-order valence-electron chi connectivity index (χ1n) is 6.55.